The molecule has 0 saturated heterocycles. The molecule has 4 heteroatoms. The van der Waals surface area contributed by atoms with Gasteiger partial charge in [0, 0.05) is 6.07 Å². The molecule has 1 atom stereocenters. The molecule has 0 spiro atoms. The van der Waals surface area contributed by atoms with Crippen molar-refractivity contribution in [3.63, 3.8) is 0 Å². The molecule has 0 saturated carbocycles. The Morgan fingerprint density at radius 2 is 1.60 bits per heavy atom. The summed E-state index contributed by atoms with van der Waals surface area (Å²) in [6.45, 7) is 4.65. The largest absolute Gasteiger partial charge is 0.494 e. The fraction of sp³-hybridized carbons (Fsp3) is 0.308. The average Bonchev–Trinajstić information content (AvgIpc) is 2.73. The molecular weight excluding hydrogens is 382 g/mol. The van der Waals surface area contributed by atoms with Crippen LogP contribution in [-0.2, 0) is 13.0 Å². The number of halogens is 2. The van der Waals surface area contributed by atoms with Crippen molar-refractivity contribution in [1.82, 2.24) is 0 Å². The van der Waals surface area contributed by atoms with Crippen molar-refractivity contribution in [2.24, 2.45) is 0 Å². The second-order valence-electron chi connectivity index (χ2n) is 7.78. The van der Waals surface area contributed by atoms with Crippen molar-refractivity contribution < 1.29 is 18.6 Å². The van der Waals surface area contributed by atoms with E-state index >= 15 is 0 Å². The minimum Gasteiger partial charge on any atom is -0.494 e. The Morgan fingerprint density at radius 1 is 0.867 bits per heavy atom. The van der Waals surface area contributed by atoms with Gasteiger partial charge in [0.25, 0.3) is 0 Å². The molecule has 158 valence electrons. The summed E-state index contributed by atoms with van der Waals surface area (Å²) in [5.41, 5.74) is 4.96. The number of benzene rings is 3. The molecule has 0 bridgehead atoms. The van der Waals surface area contributed by atoms with Gasteiger partial charge in [-0.3, -0.25) is 0 Å². The van der Waals surface area contributed by atoms with Crippen LogP contribution in [-0.4, -0.2) is 11.7 Å². The van der Waals surface area contributed by atoms with Gasteiger partial charge in [-0.25, -0.2) is 8.78 Å². The molecule has 3 rings (SSSR count). The standard InChI is InChI=1S/C26H28F2O2/c1-18-5-6-21(14-19(18)2)15-22(25-12-9-23(27)16-26(25)28)4-3-13-30-24-10-7-20(17-29)8-11-24/h5-12,14,16,22,29H,3-4,13,15,17H2,1-2H3/t22-/m1/s1. The van der Waals surface area contributed by atoms with E-state index in [0.717, 1.165) is 35.8 Å². The number of hydrogen-bond acceptors (Lipinski definition) is 2. The molecule has 0 radical (unpaired) electrons. The Hall–Kier alpha value is -2.72. The third kappa shape index (κ3) is 5.90. The van der Waals surface area contributed by atoms with Crippen molar-refractivity contribution in [2.75, 3.05) is 6.61 Å². The number of hydrogen-bond donors (Lipinski definition) is 1. The number of aliphatic hydroxyl groups excluding tert-OH is 1. The van der Waals surface area contributed by atoms with E-state index in [1.807, 2.05) is 24.3 Å². The van der Waals surface area contributed by atoms with E-state index in [1.165, 1.54) is 17.2 Å². The third-order valence-corrected chi connectivity index (χ3v) is 5.53. The van der Waals surface area contributed by atoms with E-state index < -0.39 is 11.6 Å². The van der Waals surface area contributed by atoms with Crippen LogP contribution in [0.3, 0.4) is 0 Å². The second-order valence-corrected chi connectivity index (χ2v) is 7.78. The van der Waals surface area contributed by atoms with Crippen LogP contribution in [0.1, 0.15) is 46.6 Å². The van der Waals surface area contributed by atoms with Crippen LogP contribution in [0.2, 0.25) is 0 Å². The van der Waals surface area contributed by atoms with Crippen molar-refractivity contribution in [1.29, 1.82) is 0 Å². The zero-order valence-electron chi connectivity index (χ0n) is 17.5. The molecule has 0 aliphatic rings. The van der Waals surface area contributed by atoms with E-state index in [9.17, 15) is 8.78 Å². The Kier molecular flexibility index (Phi) is 7.58. The van der Waals surface area contributed by atoms with Crippen molar-refractivity contribution in [3.8, 4) is 5.75 Å². The number of rotatable bonds is 9. The van der Waals surface area contributed by atoms with Crippen LogP contribution in [0.25, 0.3) is 0 Å². The van der Waals surface area contributed by atoms with Crippen LogP contribution in [0.15, 0.2) is 60.7 Å². The SMILES string of the molecule is Cc1ccc(C[C@@H](CCCOc2ccc(CO)cc2)c2ccc(F)cc2F)cc1C. The molecule has 30 heavy (non-hydrogen) atoms. The molecule has 1 N–H and O–H groups in total. The van der Waals surface area contributed by atoms with E-state index in [1.54, 1.807) is 6.07 Å². The maximum absolute atomic E-state index is 14.5. The molecule has 0 aromatic heterocycles. The van der Waals surface area contributed by atoms with Gasteiger partial charge in [0.05, 0.1) is 13.2 Å². The smallest absolute Gasteiger partial charge is 0.129 e. The predicted molar refractivity (Wildman–Crippen MR) is 116 cm³/mol. The van der Waals surface area contributed by atoms with Crippen LogP contribution >= 0.6 is 0 Å². The number of aryl methyl sites for hydroxylation is 2. The van der Waals surface area contributed by atoms with E-state index in [0.29, 0.717) is 18.6 Å². The first-order valence-electron chi connectivity index (χ1n) is 10.3. The maximum Gasteiger partial charge on any atom is 0.129 e. The molecular formula is C26H28F2O2. The molecule has 0 unspecified atom stereocenters. The number of ether oxygens (including phenoxy) is 1. The van der Waals surface area contributed by atoms with Crippen molar-refractivity contribution in [2.45, 2.75) is 45.6 Å². The predicted octanol–water partition coefficient (Wildman–Crippen LogP) is 6.26. The van der Waals surface area contributed by atoms with Gasteiger partial charge in [0.15, 0.2) is 0 Å². The first-order chi connectivity index (χ1) is 14.5. The lowest BCUT2D eigenvalue weighted by Crippen LogP contribution is -2.09. The minimum absolute atomic E-state index is 0.00365. The molecule has 0 amide bonds. The first kappa shape index (κ1) is 22.0. The summed E-state index contributed by atoms with van der Waals surface area (Å²) in [6, 6.07) is 17.5. The second kappa shape index (κ2) is 10.4. The minimum atomic E-state index is -0.559. The highest BCUT2D eigenvalue weighted by molar-refractivity contribution is 5.32. The third-order valence-electron chi connectivity index (χ3n) is 5.53. The quantitative estimate of drug-likeness (QED) is 0.422. The fourth-order valence-electron chi connectivity index (χ4n) is 3.63. The summed E-state index contributed by atoms with van der Waals surface area (Å²) < 4.78 is 33.7. The zero-order chi connectivity index (χ0) is 21.5. The summed E-state index contributed by atoms with van der Waals surface area (Å²) >= 11 is 0. The van der Waals surface area contributed by atoms with Gasteiger partial charge in [-0.15, -0.1) is 0 Å². The Labute approximate surface area is 177 Å². The lowest BCUT2D eigenvalue weighted by Gasteiger charge is -2.19. The molecule has 0 aliphatic carbocycles. The van der Waals surface area contributed by atoms with Gasteiger partial charge in [0.2, 0.25) is 0 Å². The van der Waals surface area contributed by atoms with E-state index in [-0.39, 0.29) is 12.5 Å². The van der Waals surface area contributed by atoms with Gasteiger partial charge in [-0.05, 0) is 85.0 Å². The summed E-state index contributed by atoms with van der Waals surface area (Å²) in [5.74, 6) is -0.376. The van der Waals surface area contributed by atoms with E-state index in [4.69, 9.17) is 9.84 Å². The summed E-state index contributed by atoms with van der Waals surface area (Å²) in [5, 5.41) is 9.11. The van der Waals surface area contributed by atoms with Crippen LogP contribution in [0.5, 0.6) is 5.75 Å². The van der Waals surface area contributed by atoms with Gasteiger partial charge in [-0.1, -0.05) is 36.4 Å². The summed E-state index contributed by atoms with van der Waals surface area (Å²) in [6.07, 6.45) is 2.16. The zero-order valence-corrected chi connectivity index (χ0v) is 17.5. The monoisotopic (exact) mass is 410 g/mol. The highest BCUT2D eigenvalue weighted by atomic mass is 19.1. The highest BCUT2D eigenvalue weighted by Crippen LogP contribution is 2.29. The van der Waals surface area contributed by atoms with Crippen molar-refractivity contribution >= 4 is 0 Å². The Morgan fingerprint density at radius 3 is 2.27 bits per heavy atom. The lowest BCUT2D eigenvalue weighted by molar-refractivity contribution is 0.280. The van der Waals surface area contributed by atoms with Crippen molar-refractivity contribution in [3.05, 3.63) is 100 Å². The molecule has 0 heterocycles. The Balaban J connectivity index is 1.67. The van der Waals surface area contributed by atoms with Gasteiger partial charge < -0.3 is 9.84 Å². The van der Waals surface area contributed by atoms with Gasteiger partial charge >= 0.3 is 0 Å². The molecule has 3 aromatic rings. The lowest BCUT2D eigenvalue weighted by atomic mass is 9.87. The number of aliphatic hydroxyl groups is 1. The topological polar surface area (TPSA) is 29.5 Å². The van der Waals surface area contributed by atoms with E-state index in [2.05, 4.69) is 32.0 Å². The highest BCUT2D eigenvalue weighted by Gasteiger charge is 2.17. The van der Waals surface area contributed by atoms with Gasteiger partial charge in [-0.2, -0.15) is 0 Å². The van der Waals surface area contributed by atoms with Crippen LogP contribution in [0.4, 0.5) is 8.78 Å². The summed E-state index contributed by atoms with van der Waals surface area (Å²) in [7, 11) is 0. The van der Waals surface area contributed by atoms with Gasteiger partial charge in [0.1, 0.15) is 17.4 Å². The van der Waals surface area contributed by atoms with Crippen LogP contribution < -0.4 is 4.74 Å². The molecule has 0 fully saturated rings. The maximum atomic E-state index is 14.5. The summed E-state index contributed by atoms with van der Waals surface area (Å²) in [4.78, 5) is 0. The average molecular weight is 411 g/mol. The normalized spacial score (nSPS) is 12.0. The molecule has 3 aromatic carbocycles. The first-order valence-corrected chi connectivity index (χ1v) is 10.3. The molecule has 2 nitrogen and oxygen atoms in total. The Bertz CT molecular complexity index is 967. The molecule has 0 aliphatic heterocycles. The van der Waals surface area contributed by atoms with Crippen LogP contribution in [0, 0.1) is 25.5 Å². The fourth-order valence-corrected chi connectivity index (χ4v) is 3.63.